The highest BCUT2D eigenvalue weighted by Crippen LogP contribution is 2.09. The molecule has 0 saturated heterocycles. The van der Waals surface area contributed by atoms with E-state index in [9.17, 15) is 9.59 Å². The standard InChI is InChI=1S/C10H12O4/c1-3-6-13-10(12)9-5-4-8(14-9)7(2)11/h4-5H,3,6H2,1-2H3. The molecule has 4 nitrogen and oxygen atoms in total. The Hall–Kier alpha value is -1.58. The van der Waals surface area contributed by atoms with Crippen LogP contribution >= 0.6 is 0 Å². The maximum Gasteiger partial charge on any atom is 0.374 e. The fraction of sp³-hybridized carbons (Fsp3) is 0.400. The number of rotatable bonds is 4. The summed E-state index contributed by atoms with van der Waals surface area (Å²) in [5, 5.41) is 0. The van der Waals surface area contributed by atoms with Gasteiger partial charge in [-0.3, -0.25) is 4.79 Å². The van der Waals surface area contributed by atoms with Gasteiger partial charge in [0.2, 0.25) is 5.76 Å². The second kappa shape index (κ2) is 4.60. The van der Waals surface area contributed by atoms with Gasteiger partial charge >= 0.3 is 5.97 Å². The number of carbonyl (C=O) groups is 2. The minimum Gasteiger partial charge on any atom is -0.460 e. The van der Waals surface area contributed by atoms with E-state index in [4.69, 9.17) is 9.15 Å². The maximum atomic E-state index is 11.2. The van der Waals surface area contributed by atoms with E-state index in [1.165, 1.54) is 19.1 Å². The van der Waals surface area contributed by atoms with Crippen LogP contribution in [0.5, 0.6) is 0 Å². The second-order valence-corrected chi connectivity index (χ2v) is 2.86. The van der Waals surface area contributed by atoms with Crippen molar-refractivity contribution >= 4 is 11.8 Å². The van der Waals surface area contributed by atoms with Crippen LogP contribution in [0.2, 0.25) is 0 Å². The average Bonchev–Trinajstić information content (AvgIpc) is 2.62. The number of ketones is 1. The van der Waals surface area contributed by atoms with E-state index in [1.54, 1.807) is 0 Å². The zero-order chi connectivity index (χ0) is 10.6. The molecule has 0 N–H and O–H groups in total. The SMILES string of the molecule is CCCOC(=O)c1ccc(C(C)=O)o1. The highest BCUT2D eigenvalue weighted by atomic mass is 16.5. The van der Waals surface area contributed by atoms with Gasteiger partial charge in [0.25, 0.3) is 0 Å². The summed E-state index contributed by atoms with van der Waals surface area (Å²) >= 11 is 0. The highest BCUT2D eigenvalue weighted by Gasteiger charge is 2.13. The van der Waals surface area contributed by atoms with Gasteiger partial charge in [0.05, 0.1) is 6.61 Å². The van der Waals surface area contributed by atoms with Crippen molar-refractivity contribution in [3.8, 4) is 0 Å². The van der Waals surface area contributed by atoms with Gasteiger partial charge in [-0.05, 0) is 18.6 Å². The average molecular weight is 196 g/mol. The summed E-state index contributed by atoms with van der Waals surface area (Å²) in [4.78, 5) is 22.1. The zero-order valence-corrected chi connectivity index (χ0v) is 8.20. The molecule has 0 radical (unpaired) electrons. The predicted molar refractivity (Wildman–Crippen MR) is 49.3 cm³/mol. The third-order valence-corrected chi connectivity index (χ3v) is 1.59. The van der Waals surface area contributed by atoms with Gasteiger partial charge in [-0.2, -0.15) is 0 Å². The van der Waals surface area contributed by atoms with E-state index in [1.807, 2.05) is 6.92 Å². The lowest BCUT2D eigenvalue weighted by atomic mass is 10.3. The monoisotopic (exact) mass is 196 g/mol. The number of hydrogen-bond acceptors (Lipinski definition) is 4. The third kappa shape index (κ3) is 2.45. The third-order valence-electron chi connectivity index (χ3n) is 1.59. The molecule has 0 spiro atoms. The van der Waals surface area contributed by atoms with Crippen molar-refractivity contribution in [1.82, 2.24) is 0 Å². The summed E-state index contributed by atoms with van der Waals surface area (Å²) < 4.78 is 9.81. The minimum absolute atomic E-state index is 0.0728. The van der Waals surface area contributed by atoms with Crippen LogP contribution in [-0.4, -0.2) is 18.4 Å². The van der Waals surface area contributed by atoms with Crippen molar-refractivity contribution in [2.45, 2.75) is 20.3 Å². The normalized spacial score (nSPS) is 9.86. The van der Waals surface area contributed by atoms with Crippen molar-refractivity contribution < 1.29 is 18.7 Å². The number of hydrogen-bond donors (Lipinski definition) is 0. The van der Waals surface area contributed by atoms with E-state index in [0.717, 1.165) is 6.42 Å². The Labute approximate surface area is 81.9 Å². The number of carbonyl (C=O) groups excluding carboxylic acids is 2. The van der Waals surface area contributed by atoms with Crippen LogP contribution in [0.25, 0.3) is 0 Å². The van der Waals surface area contributed by atoms with Gasteiger partial charge in [0.15, 0.2) is 11.5 Å². The summed E-state index contributed by atoms with van der Waals surface area (Å²) in [6.07, 6.45) is 0.756. The number of esters is 1. The van der Waals surface area contributed by atoms with Crippen molar-refractivity contribution in [3.05, 3.63) is 23.7 Å². The molecule has 0 amide bonds. The second-order valence-electron chi connectivity index (χ2n) is 2.86. The number of Topliss-reactive ketones (excluding diaryl/α,β-unsaturated/α-hetero) is 1. The molecule has 1 heterocycles. The number of ether oxygens (including phenoxy) is 1. The molecule has 0 bridgehead atoms. The lowest BCUT2D eigenvalue weighted by molar-refractivity contribution is 0.0467. The van der Waals surface area contributed by atoms with Crippen LogP contribution in [0.4, 0.5) is 0 Å². The molecule has 0 saturated carbocycles. The van der Waals surface area contributed by atoms with E-state index >= 15 is 0 Å². The molecule has 0 aliphatic carbocycles. The van der Waals surface area contributed by atoms with E-state index in [0.29, 0.717) is 6.61 Å². The summed E-state index contributed by atoms with van der Waals surface area (Å²) in [7, 11) is 0. The van der Waals surface area contributed by atoms with Gasteiger partial charge in [-0.15, -0.1) is 0 Å². The quantitative estimate of drug-likeness (QED) is 0.546. The van der Waals surface area contributed by atoms with Crippen molar-refractivity contribution in [3.63, 3.8) is 0 Å². The Morgan fingerprint density at radius 1 is 1.36 bits per heavy atom. The first-order valence-electron chi connectivity index (χ1n) is 4.43. The fourth-order valence-electron chi connectivity index (χ4n) is 0.903. The smallest absolute Gasteiger partial charge is 0.374 e. The molecule has 1 aromatic rings. The van der Waals surface area contributed by atoms with Gasteiger partial charge in [-0.25, -0.2) is 4.79 Å². The molecule has 0 unspecified atom stereocenters. The first-order chi connectivity index (χ1) is 6.65. The lowest BCUT2D eigenvalue weighted by Gasteiger charge is -1.98. The summed E-state index contributed by atoms with van der Waals surface area (Å²) in [5.41, 5.74) is 0. The van der Waals surface area contributed by atoms with Crippen molar-refractivity contribution in [2.24, 2.45) is 0 Å². The van der Waals surface area contributed by atoms with Gasteiger partial charge in [-0.1, -0.05) is 6.92 Å². The zero-order valence-electron chi connectivity index (χ0n) is 8.20. The fourth-order valence-corrected chi connectivity index (χ4v) is 0.903. The molecular weight excluding hydrogens is 184 g/mol. The Balaban J connectivity index is 2.66. The first-order valence-corrected chi connectivity index (χ1v) is 4.43. The molecule has 1 aromatic heterocycles. The molecule has 0 aromatic carbocycles. The summed E-state index contributed by atoms with van der Waals surface area (Å²) in [6.45, 7) is 3.63. The molecule has 0 aliphatic rings. The van der Waals surface area contributed by atoms with E-state index < -0.39 is 5.97 Å². The van der Waals surface area contributed by atoms with Crippen molar-refractivity contribution in [1.29, 1.82) is 0 Å². The van der Waals surface area contributed by atoms with E-state index in [-0.39, 0.29) is 17.3 Å². The van der Waals surface area contributed by atoms with Crippen LogP contribution in [0.15, 0.2) is 16.5 Å². The van der Waals surface area contributed by atoms with Crippen LogP contribution in [-0.2, 0) is 4.74 Å². The topological polar surface area (TPSA) is 56.5 Å². The van der Waals surface area contributed by atoms with Crippen LogP contribution in [0.3, 0.4) is 0 Å². The Kier molecular flexibility index (Phi) is 3.45. The van der Waals surface area contributed by atoms with Crippen LogP contribution in [0, 0.1) is 0 Å². The summed E-state index contributed by atoms with van der Waals surface area (Å²) in [5.74, 6) is -0.490. The molecule has 1 rings (SSSR count). The molecule has 14 heavy (non-hydrogen) atoms. The molecule has 0 fully saturated rings. The Morgan fingerprint density at radius 3 is 2.50 bits per heavy atom. The Bertz CT molecular complexity index is 338. The van der Waals surface area contributed by atoms with Crippen LogP contribution < -0.4 is 0 Å². The maximum absolute atomic E-state index is 11.2. The summed E-state index contributed by atoms with van der Waals surface area (Å²) in [6, 6.07) is 2.90. The Morgan fingerprint density at radius 2 is 2.00 bits per heavy atom. The molecule has 76 valence electrons. The molecule has 0 aliphatic heterocycles. The first kappa shape index (κ1) is 10.5. The van der Waals surface area contributed by atoms with Crippen molar-refractivity contribution in [2.75, 3.05) is 6.61 Å². The lowest BCUT2D eigenvalue weighted by Crippen LogP contribution is -2.04. The molecular formula is C10H12O4. The van der Waals surface area contributed by atoms with Crippen LogP contribution in [0.1, 0.15) is 41.4 Å². The van der Waals surface area contributed by atoms with Gasteiger partial charge in [0.1, 0.15) is 0 Å². The predicted octanol–water partition coefficient (Wildman–Crippen LogP) is 2.05. The molecule has 4 heteroatoms. The largest absolute Gasteiger partial charge is 0.460 e. The number of furan rings is 1. The minimum atomic E-state index is -0.528. The van der Waals surface area contributed by atoms with E-state index in [2.05, 4.69) is 0 Å². The van der Waals surface area contributed by atoms with Gasteiger partial charge < -0.3 is 9.15 Å². The van der Waals surface area contributed by atoms with Gasteiger partial charge in [0, 0.05) is 6.92 Å². The molecule has 0 atom stereocenters. The highest BCUT2D eigenvalue weighted by molar-refractivity contribution is 5.93.